The van der Waals surface area contributed by atoms with Crippen molar-refractivity contribution < 1.29 is 51.3 Å². The second-order valence-corrected chi connectivity index (χ2v) is 11.4. The Morgan fingerprint density at radius 3 is 1.49 bits per heavy atom. The number of hydrogen-bond acceptors (Lipinski definition) is 1. The van der Waals surface area contributed by atoms with Crippen molar-refractivity contribution in [2.75, 3.05) is 0 Å². The molecule has 0 heterocycles. The van der Waals surface area contributed by atoms with E-state index >= 15 is 0 Å². The Morgan fingerprint density at radius 2 is 1.18 bits per heavy atom. The molecule has 213 valence electrons. The molecular formula is C33H48Cl2NOSiTi. The minimum Gasteiger partial charge on any atom is -1.00 e. The minimum absolute atomic E-state index is 0. The van der Waals surface area contributed by atoms with E-state index in [9.17, 15) is 4.79 Å². The van der Waals surface area contributed by atoms with Gasteiger partial charge in [0.25, 0.3) is 0 Å². The first-order valence-corrected chi connectivity index (χ1v) is 15.0. The van der Waals surface area contributed by atoms with E-state index in [1.165, 1.54) is 72.0 Å². The van der Waals surface area contributed by atoms with Crippen LogP contribution in [0.5, 0.6) is 0 Å². The van der Waals surface area contributed by atoms with Gasteiger partial charge in [0.1, 0.15) is 9.52 Å². The summed E-state index contributed by atoms with van der Waals surface area (Å²) in [5, 5.41) is 2.90. The first-order valence-electron chi connectivity index (χ1n) is 13.8. The molecule has 3 rings (SSSR count). The monoisotopic (exact) mass is 620 g/mol. The zero-order valence-electron chi connectivity index (χ0n) is 24.7. The van der Waals surface area contributed by atoms with E-state index in [0.717, 1.165) is 12.8 Å². The molecule has 0 bridgehead atoms. The fourth-order valence-corrected chi connectivity index (χ4v) is 5.26. The summed E-state index contributed by atoms with van der Waals surface area (Å²) >= 11 is 0. The van der Waals surface area contributed by atoms with Gasteiger partial charge in [-0.05, 0) is 12.8 Å². The molecule has 2 aromatic rings. The van der Waals surface area contributed by atoms with Crippen molar-refractivity contribution in [2.24, 2.45) is 5.92 Å². The number of carbonyl (C=O) groups is 1. The van der Waals surface area contributed by atoms with Crippen LogP contribution in [0.2, 0.25) is 0 Å². The van der Waals surface area contributed by atoms with E-state index in [2.05, 4.69) is 101 Å². The molecule has 0 spiro atoms. The molecule has 39 heavy (non-hydrogen) atoms. The Hall–Kier alpha value is -1.10. The van der Waals surface area contributed by atoms with E-state index in [1.54, 1.807) is 0 Å². The van der Waals surface area contributed by atoms with Crippen LogP contribution in [0, 0.1) is 12.0 Å². The van der Waals surface area contributed by atoms with Gasteiger partial charge in [-0.3, -0.25) is 6.08 Å². The van der Waals surface area contributed by atoms with E-state index in [4.69, 9.17) is 5.73 Å². The van der Waals surface area contributed by atoms with Gasteiger partial charge in [0.05, 0.1) is 0 Å². The second-order valence-electron chi connectivity index (χ2n) is 9.77. The van der Waals surface area contributed by atoms with Gasteiger partial charge in [-0.2, -0.15) is 11.1 Å². The molecule has 1 radical (unpaired) electrons. The summed E-state index contributed by atoms with van der Waals surface area (Å²) in [6.45, 7) is 10.9. The molecule has 1 aliphatic rings. The van der Waals surface area contributed by atoms with Crippen LogP contribution >= 0.6 is 0 Å². The predicted molar refractivity (Wildman–Crippen MR) is 160 cm³/mol. The Kier molecular flexibility index (Phi) is 29.4. The van der Waals surface area contributed by atoms with Crippen molar-refractivity contribution in [1.82, 2.24) is 0 Å². The Morgan fingerprint density at radius 1 is 0.769 bits per heavy atom. The number of benzene rings is 2. The number of carbonyl (C=O) groups excluding carboxylic acids is 1. The number of allylic oxidation sites excluding steroid dienone is 4. The zero-order valence-corrected chi connectivity index (χ0v) is 28.9. The van der Waals surface area contributed by atoms with Crippen molar-refractivity contribution in [3.05, 3.63) is 89.2 Å². The van der Waals surface area contributed by atoms with E-state index in [1.807, 2.05) is 0 Å². The number of halogens is 2. The first-order chi connectivity index (χ1) is 17.3. The summed E-state index contributed by atoms with van der Waals surface area (Å²) in [7, 11) is 0.271. The Bertz CT molecular complexity index is 882. The topological polar surface area (TPSA) is 40.9 Å². The molecular weight excluding hydrogens is 573 g/mol. The van der Waals surface area contributed by atoms with Gasteiger partial charge in [-0.1, -0.05) is 156 Å². The number of unbranched alkanes of at least 4 members (excludes halogenated alkanes) is 8. The van der Waals surface area contributed by atoms with Crippen molar-refractivity contribution in [1.29, 1.82) is 0 Å². The summed E-state index contributed by atoms with van der Waals surface area (Å²) in [6, 6.07) is 21.3. The number of hydrogen-bond donors (Lipinski definition) is 0. The largest absolute Gasteiger partial charge is 4.00 e. The third-order valence-corrected chi connectivity index (χ3v) is 8.11. The molecule has 0 saturated carbocycles. The van der Waals surface area contributed by atoms with Crippen molar-refractivity contribution >= 4 is 25.8 Å². The van der Waals surface area contributed by atoms with Gasteiger partial charge in [-0.25, -0.2) is 5.57 Å². The van der Waals surface area contributed by atoms with Gasteiger partial charge in [0.2, 0.25) is 0 Å². The van der Waals surface area contributed by atoms with Crippen LogP contribution in [0.3, 0.4) is 0 Å². The molecule has 2 nitrogen and oxygen atoms in total. The number of nitrogens with one attached hydrogen (secondary N) is 1. The first kappa shape index (κ1) is 42.4. The molecule has 1 N–H and O–H groups in total. The van der Waals surface area contributed by atoms with Crippen molar-refractivity contribution in [3.8, 4) is 0 Å². The van der Waals surface area contributed by atoms with Crippen molar-refractivity contribution in [3.63, 3.8) is 0 Å². The van der Waals surface area contributed by atoms with Gasteiger partial charge in [0.15, 0.2) is 0 Å². The van der Waals surface area contributed by atoms with Gasteiger partial charge >= 0.3 is 21.7 Å². The SMILES string of the molecule is CC1=[C-]C(C)C(C)=C1C.CCCCCCCCCCCC([NH-])=O.[Cl-].[Cl-].[Ti+4].c1ccc([SiH]c2ccccc2)cc1. The molecule has 1 atom stereocenters. The maximum Gasteiger partial charge on any atom is 4.00 e. The Labute approximate surface area is 269 Å². The molecule has 2 aromatic carbocycles. The maximum atomic E-state index is 10.3. The molecule has 1 amide bonds. The molecule has 0 aliphatic heterocycles. The van der Waals surface area contributed by atoms with Crippen LogP contribution in [-0.2, 0) is 26.5 Å². The van der Waals surface area contributed by atoms with E-state index in [0.29, 0.717) is 12.3 Å². The van der Waals surface area contributed by atoms with E-state index < -0.39 is 5.91 Å². The normalized spacial score (nSPS) is 13.3. The number of amides is 1. The van der Waals surface area contributed by atoms with Crippen LogP contribution in [-0.4, -0.2) is 15.4 Å². The van der Waals surface area contributed by atoms with Crippen LogP contribution < -0.4 is 35.2 Å². The standard InChI is InChI=1S/C12H25NO.C12H11Si.C9H13.2ClH.Ti/c1-2-3-4-5-6-7-8-9-10-11-12(13)14;1-3-7-11(8-4-1)13-12-9-5-2-6-10-12;1-6-5-7(2)9(4)8(6)3;;;/h2-11H2,1H3,(H2,13,14);1-10,13H;6H,1-4H3;2*1H;/q;;-1;;;+4/p-3. The molecule has 0 aromatic heterocycles. The van der Waals surface area contributed by atoms with Crippen molar-refractivity contribution in [2.45, 2.75) is 98.8 Å². The summed E-state index contributed by atoms with van der Waals surface area (Å²) < 4.78 is 0. The number of rotatable bonds is 12. The van der Waals surface area contributed by atoms with Crippen LogP contribution in [0.4, 0.5) is 0 Å². The second kappa shape index (κ2) is 27.1. The Balaban J connectivity index is -0.000000489. The zero-order chi connectivity index (χ0) is 26.6. The maximum absolute atomic E-state index is 10.3. The summed E-state index contributed by atoms with van der Waals surface area (Å²) in [5.41, 5.74) is 11.0. The molecule has 1 unspecified atom stereocenters. The molecule has 1 aliphatic carbocycles. The average molecular weight is 622 g/mol. The quantitative estimate of drug-likeness (QED) is 0.204. The summed E-state index contributed by atoms with van der Waals surface area (Å²) in [4.78, 5) is 10.3. The molecule has 6 heteroatoms. The van der Waals surface area contributed by atoms with Crippen LogP contribution in [0.25, 0.3) is 5.73 Å². The fraction of sp³-hybridized carbons (Fsp3) is 0.485. The smallest absolute Gasteiger partial charge is 1.00 e. The van der Waals surface area contributed by atoms with Gasteiger partial charge in [0, 0.05) is 5.91 Å². The average Bonchev–Trinajstić information content (AvgIpc) is 3.10. The molecule has 0 saturated heterocycles. The van der Waals surface area contributed by atoms with Gasteiger partial charge < -0.3 is 35.3 Å². The summed E-state index contributed by atoms with van der Waals surface area (Å²) in [5.74, 6) is 0.151. The van der Waals surface area contributed by atoms with Crippen LogP contribution in [0.15, 0.2) is 77.4 Å². The van der Waals surface area contributed by atoms with Crippen LogP contribution in [0.1, 0.15) is 98.8 Å². The third kappa shape index (κ3) is 21.3. The third-order valence-electron chi connectivity index (χ3n) is 6.68. The summed E-state index contributed by atoms with van der Waals surface area (Å²) in [6.07, 6.45) is 15.2. The minimum atomic E-state index is -0.409. The predicted octanol–water partition coefficient (Wildman–Crippen LogP) is 2.29. The molecule has 0 fully saturated rings. The fourth-order valence-electron chi connectivity index (χ4n) is 4.05. The van der Waals surface area contributed by atoms with E-state index in [-0.39, 0.29) is 56.1 Å². The van der Waals surface area contributed by atoms with Gasteiger partial charge in [-0.15, -0.1) is 6.92 Å².